The molecule has 4 aromatic rings. The molecule has 142 valence electrons. The predicted molar refractivity (Wildman–Crippen MR) is 114 cm³/mol. The monoisotopic (exact) mass is 494 g/mol. The van der Waals surface area contributed by atoms with Gasteiger partial charge in [0, 0.05) is 15.2 Å². The maximum Gasteiger partial charge on any atom is 0.240 e. The topological polar surface area (TPSA) is 72.2 Å². The first kappa shape index (κ1) is 19.2. The molecule has 0 atom stereocenters. The minimum Gasteiger partial charge on any atom is -0.418 e. The van der Waals surface area contributed by atoms with Gasteiger partial charge in [0.05, 0.1) is 9.77 Å². The van der Waals surface area contributed by atoms with Crippen LogP contribution in [-0.2, 0) is 9.84 Å². The van der Waals surface area contributed by atoms with Crippen molar-refractivity contribution in [2.75, 3.05) is 5.32 Å². The van der Waals surface area contributed by atoms with Crippen molar-refractivity contribution in [1.82, 2.24) is 4.98 Å². The number of nitrogens with zero attached hydrogens (tertiary/aromatic N) is 1. The number of nitrogens with one attached hydrogen (secondary N) is 1. The van der Waals surface area contributed by atoms with Crippen molar-refractivity contribution < 1.29 is 12.8 Å². The van der Waals surface area contributed by atoms with E-state index in [9.17, 15) is 8.42 Å². The van der Waals surface area contributed by atoms with Gasteiger partial charge in [-0.2, -0.15) is 4.98 Å². The van der Waals surface area contributed by atoms with Gasteiger partial charge < -0.3 is 9.73 Å². The summed E-state index contributed by atoms with van der Waals surface area (Å²) >= 11 is 10.6. The van der Waals surface area contributed by atoms with Crippen LogP contribution in [0, 0.1) is 0 Å². The lowest BCUT2D eigenvalue weighted by molar-refractivity contribution is 0.582. The van der Waals surface area contributed by atoms with Crippen molar-refractivity contribution in [3.05, 3.63) is 75.5 Å². The number of thiophene rings is 1. The number of halogens is 2. The van der Waals surface area contributed by atoms with Crippen molar-refractivity contribution in [2.24, 2.45) is 0 Å². The summed E-state index contributed by atoms with van der Waals surface area (Å²) in [6, 6.07) is 16.9. The third kappa shape index (κ3) is 3.86. The fourth-order valence-corrected chi connectivity index (χ4v) is 4.76. The molecule has 0 fully saturated rings. The maximum atomic E-state index is 13.2. The number of hydrogen-bond acceptors (Lipinski definition) is 6. The van der Waals surface area contributed by atoms with Crippen LogP contribution in [0.2, 0.25) is 5.02 Å². The number of oxazole rings is 1. The van der Waals surface area contributed by atoms with Crippen molar-refractivity contribution >= 4 is 60.3 Å². The van der Waals surface area contributed by atoms with Gasteiger partial charge >= 0.3 is 0 Å². The molecule has 4 rings (SSSR count). The largest absolute Gasteiger partial charge is 0.418 e. The number of aromatic nitrogens is 1. The molecule has 0 radical (unpaired) electrons. The second kappa shape index (κ2) is 7.71. The highest BCUT2D eigenvalue weighted by Crippen LogP contribution is 2.35. The predicted octanol–water partition coefficient (Wildman–Crippen LogP) is 6.40. The van der Waals surface area contributed by atoms with E-state index in [4.69, 9.17) is 16.0 Å². The third-order valence-corrected chi connectivity index (χ3v) is 7.13. The summed E-state index contributed by atoms with van der Waals surface area (Å²) in [4.78, 5) is 5.15. The van der Waals surface area contributed by atoms with Crippen LogP contribution in [0.15, 0.2) is 84.9 Å². The fraction of sp³-hybridized carbons (Fsp3) is 0. The molecule has 0 unspecified atom stereocenters. The summed E-state index contributed by atoms with van der Waals surface area (Å²) in [5.74, 6) is 0.288. The summed E-state index contributed by atoms with van der Waals surface area (Å²) in [6.07, 6.45) is 0. The van der Waals surface area contributed by atoms with Crippen LogP contribution >= 0.6 is 38.9 Å². The Bertz CT molecular complexity index is 1200. The lowest BCUT2D eigenvalue weighted by Crippen LogP contribution is -2.05. The summed E-state index contributed by atoms with van der Waals surface area (Å²) in [6.45, 7) is 0. The van der Waals surface area contributed by atoms with E-state index in [0.717, 1.165) is 9.35 Å². The van der Waals surface area contributed by atoms with Crippen molar-refractivity contribution in [3.8, 4) is 10.8 Å². The quantitative estimate of drug-likeness (QED) is 0.347. The first-order valence-corrected chi connectivity index (χ1v) is 11.5. The molecular weight excluding hydrogens is 484 g/mol. The van der Waals surface area contributed by atoms with Gasteiger partial charge in [-0.05, 0) is 60.0 Å². The van der Waals surface area contributed by atoms with Crippen LogP contribution in [0.4, 0.5) is 11.6 Å². The first-order valence-electron chi connectivity index (χ1n) is 8.01. The summed E-state index contributed by atoms with van der Waals surface area (Å²) < 4.78 is 33.0. The Morgan fingerprint density at radius 3 is 2.39 bits per heavy atom. The maximum absolute atomic E-state index is 13.2. The lowest BCUT2D eigenvalue weighted by atomic mass is 10.3. The zero-order chi connectivity index (χ0) is 19.7. The van der Waals surface area contributed by atoms with Gasteiger partial charge in [0.25, 0.3) is 0 Å². The molecule has 0 spiro atoms. The van der Waals surface area contributed by atoms with Crippen molar-refractivity contribution in [1.29, 1.82) is 0 Å². The van der Waals surface area contributed by atoms with Gasteiger partial charge in [0.15, 0.2) is 0 Å². The van der Waals surface area contributed by atoms with E-state index < -0.39 is 9.84 Å². The van der Waals surface area contributed by atoms with Gasteiger partial charge in [-0.3, -0.25) is 0 Å². The van der Waals surface area contributed by atoms with Gasteiger partial charge in [0.1, 0.15) is 0 Å². The smallest absolute Gasteiger partial charge is 0.240 e. The van der Waals surface area contributed by atoms with Crippen LogP contribution < -0.4 is 5.32 Å². The molecule has 0 aliphatic heterocycles. The molecule has 2 heterocycles. The number of anilines is 2. The molecule has 5 nitrogen and oxygen atoms in total. The van der Waals surface area contributed by atoms with Gasteiger partial charge in [-0.25, -0.2) is 8.42 Å². The SMILES string of the molecule is O=S(=O)(c1ccc(Br)cc1)c1nc(-c2cccs2)oc1Nc1ccc(Cl)cc1. The van der Waals surface area contributed by atoms with Crippen LogP contribution in [0.25, 0.3) is 10.8 Å². The molecule has 0 aliphatic rings. The van der Waals surface area contributed by atoms with E-state index >= 15 is 0 Å². The minimum atomic E-state index is -3.89. The average Bonchev–Trinajstić information content (AvgIpc) is 3.34. The number of sulfone groups is 1. The van der Waals surface area contributed by atoms with E-state index in [-0.39, 0.29) is 21.7 Å². The normalized spacial score (nSPS) is 11.5. The number of hydrogen-bond donors (Lipinski definition) is 1. The molecule has 0 aliphatic carbocycles. The summed E-state index contributed by atoms with van der Waals surface area (Å²) in [5, 5.41) is 5.27. The molecule has 1 N–H and O–H groups in total. The second-order valence-electron chi connectivity index (χ2n) is 5.72. The highest BCUT2D eigenvalue weighted by atomic mass is 79.9. The highest BCUT2D eigenvalue weighted by molar-refractivity contribution is 9.10. The van der Waals surface area contributed by atoms with Crippen LogP contribution in [0.3, 0.4) is 0 Å². The Kier molecular flexibility index (Phi) is 5.29. The molecule has 0 amide bonds. The van der Waals surface area contributed by atoms with E-state index in [1.165, 1.54) is 23.5 Å². The molecule has 9 heteroatoms. The van der Waals surface area contributed by atoms with Crippen molar-refractivity contribution in [3.63, 3.8) is 0 Å². The Morgan fingerprint density at radius 2 is 1.75 bits per heavy atom. The standard InChI is InChI=1S/C19H12BrClN2O3S2/c20-12-3-9-15(10-4-12)28(24,25)19-18(22-14-7-5-13(21)6-8-14)26-17(23-19)16-2-1-11-27-16/h1-11,22H. The molecule has 0 saturated carbocycles. The third-order valence-electron chi connectivity index (χ3n) is 3.81. The average molecular weight is 496 g/mol. The highest BCUT2D eigenvalue weighted by Gasteiger charge is 2.29. The lowest BCUT2D eigenvalue weighted by Gasteiger charge is -2.06. The van der Waals surface area contributed by atoms with Gasteiger partial charge in [-0.1, -0.05) is 33.6 Å². The zero-order valence-corrected chi connectivity index (χ0v) is 18.1. The van der Waals surface area contributed by atoms with Crippen LogP contribution in [0.5, 0.6) is 0 Å². The Balaban J connectivity index is 1.82. The van der Waals surface area contributed by atoms with Crippen LogP contribution in [-0.4, -0.2) is 13.4 Å². The van der Waals surface area contributed by atoms with Gasteiger partial charge in [-0.15, -0.1) is 11.3 Å². The Hall–Kier alpha value is -2.13. The fourth-order valence-electron chi connectivity index (χ4n) is 2.46. The zero-order valence-electron chi connectivity index (χ0n) is 14.1. The molecule has 0 saturated heterocycles. The molecule has 2 aromatic carbocycles. The van der Waals surface area contributed by atoms with E-state index in [1.807, 2.05) is 17.5 Å². The minimum absolute atomic E-state index is 0.0497. The van der Waals surface area contributed by atoms with E-state index in [0.29, 0.717) is 10.7 Å². The second-order valence-corrected chi connectivity index (χ2v) is 9.88. The first-order chi connectivity index (χ1) is 13.4. The van der Waals surface area contributed by atoms with Crippen molar-refractivity contribution in [2.45, 2.75) is 9.92 Å². The molecule has 2 aromatic heterocycles. The summed E-state index contributed by atoms with van der Waals surface area (Å²) in [7, 11) is -3.89. The Labute approximate surface area is 179 Å². The van der Waals surface area contributed by atoms with E-state index in [2.05, 4.69) is 26.2 Å². The number of benzene rings is 2. The molecular formula is C19H12BrClN2O3S2. The number of rotatable bonds is 5. The summed E-state index contributed by atoms with van der Waals surface area (Å²) in [5.41, 5.74) is 0.630. The van der Waals surface area contributed by atoms with Crippen LogP contribution in [0.1, 0.15) is 0 Å². The molecule has 28 heavy (non-hydrogen) atoms. The molecule has 0 bridgehead atoms. The Morgan fingerprint density at radius 1 is 1.04 bits per heavy atom. The van der Waals surface area contributed by atoms with E-state index in [1.54, 1.807) is 36.4 Å². The van der Waals surface area contributed by atoms with Gasteiger partial charge in [0.2, 0.25) is 26.6 Å².